The first-order valence-corrected chi connectivity index (χ1v) is 8.19. The Morgan fingerprint density at radius 2 is 2.08 bits per heavy atom. The Morgan fingerprint density at radius 1 is 1.42 bits per heavy atom. The number of nitrogens with one attached hydrogen (secondary N) is 2. The predicted molar refractivity (Wildman–Crippen MR) is 92.0 cm³/mol. The molecule has 5 N–H and O–H groups in total. The number of methoxy groups -OCH3 is 1. The fourth-order valence-electron chi connectivity index (χ4n) is 2.85. The first-order valence-electron chi connectivity index (χ1n) is 8.19. The number of ether oxygens (including phenoxy) is 1. The lowest BCUT2D eigenvalue weighted by atomic mass is 9.93. The minimum absolute atomic E-state index is 0.215. The van der Waals surface area contributed by atoms with Crippen LogP contribution in [0.5, 0.6) is 0 Å². The molecule has 24 heavy (non-hydrogen) atoms. The van der Waals surface area contributed by atoms with Gasteiger partial charge in [-0.1, -0.05) is 0 Å². The van der Waals surface area contributed by atoms with E-state index in [1.807, 2.05) is 13.8 Å². The summed E-state index contributed by atoms with van der Waals surface area (Å²) in [5.74, 6) is 0.244. The average Bonchev–Trinajstić information content (AvgIpc) is 2.49. The zero-order valence-electron chi connectivity index (χ0n) is 14.5. The summed E-state index contributed by atoms with van der Waals surface area (Å²) in [6, 6.07) is 0.215. The van der Waals surface area contributed by atoms with Crippen LogP contribution in [0.2, 0.25) is 0 Å². The van der Waals surface area contributed by atoms with Crippen LogP contribution in [0.1, 0.15) is 49.9 Å². The Bertz CT molecular complexity index is 571. The number of nitrogens with two attached hydrogens (primary N) is 1. The van der Waals surface area contributed by atoms with Crippen LogP contribution in [0.15, 0.2) is 6.20 Å². The van der Waals surface area contributed by atoms with Crippen molar-refractivity contribution in [2.75, 3.05) is 24.4 Å². The lowest BCUT2D eigenvalue weighted by Gasteiger charge is -2.28. The van der Waals surface area contributed by atoms with Gasteiger partial charge in [-0.3, -0.25) is 4.79 Å². The lowest BCUT2D eigenvalue weighted by Crippen LogP contribution is -2.37. The van der Waals surface area contributed by atoms with Gasteiger partial charge in [0, 0.05) is 19.3 Å². The predicted octanol–water partition coefficient (Wildman–Crippen LogP) is 1.13. The van der Waals surface area contributed by atoms with Gasteiger partial charge in [-0.05, 0) is 39.5 Å². The van der Waals surface area contributed by atoms with E-state index >= 15 is 0 Å². The highest BCUT2D eigenvalue weighted by Crippen LogP contribution is 2.23. The van der Waals surface area contributed by atoms with E-state index in [-0.39, 0.29) is 17.7 Å². The number of amides is 1. The highest BCUT2D eigenvalue weighted by atomic mass is 16.5. The van der Waals surface area contributed by atoms with Crippen molar-refractivity contribution in [3.8, 4) is 0 Å². The first kappa shape index (κ1) is 18.4. The minimum atomic E-state index is -0.585. The average molecular weight is 337 g/mol. The van der Waals surface area contributed by atoms with Crippen molar-refractivity contribution in [2.45, 2.75) is 57.2 Å². The van der Waals surface area contributed by atoms with Crippen molar-refractivity contribution in [1.82, 2.24) is 9.97 Å². The fourth-order valence-corrected chi connectivity index (χ4v) is 2.85. The summed E-state index contributed by atoms with van der Waals surface area (Å²) in [6.07, 6.45) is 4.47. The van der Waals surface area contributed by atoms with Crippen LogP contribution in [-0.2, 0) is 4.74 Å². The standard InChI is InChI=1S/C16H27N5O3/c1-16(2,9-24-3)21-14-12(13(17)23)8-18-15(20-14)19-10-4-6-11(22)7-5-10/h8,10-11,22H,4-7,9H2,1-3H3,(H2,17,23)(H2,18,19,20,21). The van der Waals surface area contributed by atoms with Crippen LogP contribution in [0.25, 0.3) is 0 Å². The van der Waals surface area contributed by atoms with Gasteiger partial charge < -0.3 is 26.2 Å². The summed E-state index contributed by atoms with van der Waals surface area (Å²) >= 11 is 0. The van der Waals surface area contributed by atoms with E-state index in [2.05, 4.69) is 20.6 Å². The topological polar surface area (TPSA) is 122 Å². The van der Waals surface area contributed by atoms with Crippen LogP contribution in [0.4, 0.5) is 11.8 Å². The van der Waals surface area contributed by atoms with Crippen molar-refractivity contribution in [2.24, 2.45) is 5.73 Å². The smallest absolute Gasteiger partial charge is 0.254 e. The molecule has 1 fully saturated rings. The number of rotatable bonds is 7. The second-order valence-corrected chi connectivity index (χ2v) is 6.91. The van der Waals surface area contributed by atoms with Gasteiger partial charge in [0.25, 0.3) is 5.91 Å². The summed E-state index contributed by atoms with van der Waals surface area (Å²) in [6.45, 7) is 4.33. The summed E-state index contributed by atoms with van der Waals surface area (Å²) in [4.78, 5) is 20.2. The molecular formula is C16H27N5O3. The number of aliphatic hydroxyl groups is 1. The molecule has 134 valence electrons. The molecule has 8 nitrogen and oxygen atoms in total. The molecule has 1 aliphatic carbocycles. The minimum Gasteiger partial charge on any atom is -0.393 e. The summed E-state index contributed by atoms with van der Waals surface area (Å²) < 4.78 is 5.18. The number of aliphatic hydroxyl groups excluding tert-OH is 1. The number of primary amides is 1. The van der Waals surface area contributed by atoms with E-state index in [0.717, 1.165) is 25.7 Å². The molecule has 1 aliphatic rings. The van der Waals surface area contributed by atoms with Crippen molar-refractivity contribution in [3.63, 3.8) is 0 Å². The van der Waals surface area contributed by atoms with Gasteiger partial charge in [0.1, 0.15) is 5.82 Å². The van der Waals surface area contributed by atoms with Crippen molar-refractivity contribution in [1.29, 1.82) is 0 Å². The molecule has 0 atom stereocenters. The van der Waals surface area contributed by atoms with E-state index in [0.29, 0.717) is 18.4 Å². The van der Waals surface area contributed by atoms with E-state index in [9.17, 15) is 9.90 Å². The molecule has 0 radical (unpaired) electrons. The van der Waals surface area contributed by atoms with Crippen LogP contribution >= 0.6 is 0 Å². The van der Waals surface area contributed by atoms with Crippen LogP contribution in [0.3, 0.4) is 0 Å². The maximum absolute atomic E-state index is 11.6. The quantitative estimate of drug-likeness (QED) is 0.588. The molecule has 1 amide bonds. The van der Waals surface area contributed by atoms with Crippen LogP contribution in [-0.4, -0.2) is 52.4 Å². The third-order valence-electron chi connectivity index (χ3n) is 4.05. The molecule has 0 spiro atoms. The Hall–Kier alpha value is -1.93. The monoisotopic (exact) mass is 337 g/mol. The molecule has 0 aliphatic heterocycles. The molecule has 1 heterocycles. The Kier molecular flexibility index (Phi) is 5.95. The van der Waals surface area contributed by atoms with Gasteiger partial charge in [0.2, 0.25) is 5.95 Å². The first-order chi connectivity index (χ1) is 11.3. The number of nitrogens with zero attached hydrogens (tertiary/aromatic N) is 2. The van der Waals surface area contributed by atoms with Gasteiger partial charge in [0.15, 0.2) is 0 Å². The SMILES string of the molecule is COCC(C)(C)Nc1nc(NC2CCC(O)CC2)ncc1C(N)=O. The number of aromatic nitrogens is 2. The number of carbonyl (C=O) groups excluding carboxylic acids is 1. The van der Waals surface area contributed by atoms with E-state index in [1.165, 1.54) is 6.20 Å². The summed E-state index contributed by atoms with van der Waals surface area (Å²) in [7, 11) is 1.61. The maximum Gasteiger partial charge on any atom is 0.254 e. The molecule has 2 rings (SSSR count). The zero-order chi connectivity index (χ0) is 17.7. The van der Waals surface area contributed by atoms with Gasteiger partial charge >= 0.3 is 0 Å². The zero-order valence-corrected chi connectivity index (χ0v) is 14.5. The fraction of sp³-hybridized carbons (Fsp3) is 0.688. The lowest BCUT2D eigenvalue weighted by molar-refractivity contribution is 0.1000. The highest BCUT2D eigenvalue weighted by molar-refractivity contribution is 5.97. The number of carbonyl (C=O) groups is 1. The Labute approximate surface area is 142 Å². The summed E-state index contributed by atoms with van der Waals surface area (Å²) in [5.41, 5.74) is 5.24. The molecule has 0 aromatic carbocycles. The molecular weight excluding hydrogens is 310 g/mol. The summed E-state index contributed by atoms with van der Waals surface area (Å²) in [5, 5.41) is 16.0. The van der Waals surface area contributed by atoms with Crippen molar-refractivity contribution < 1.29 is 14.6 Å². The number of hydrogen-bond acceptors (Lipinski definition) is 7. The second-order valence-electron chi connectivity index (χ2n) is 6.91. The molecule has 0 saturated heterocycles. The van der Waals surface area contributed by atoms with Gasteiger partial charge in [0.05, 0.1) is 23.8 Å². The number of hydrogen-bond donors (Lipinski definition) is 4. The second kappa shape index (κ2) is 7.76. The normalized spacial score (nSPS) is 21.3. The highest BCUT2D eigenvalue weighted by Gasteiger charge is 2.23. The molecule has 1 aromatic heterocycles. The third kappa shape index (κ3) is 5.04. The molecule has 8 heteroatoms. The van der Waals surface area contributed by atoms with Crippen molar-refractivity contribution in [3.05, 3.63) is 11.8 Å². The van der Waals surface area contributed by atoms with Crippen LogP contribution in [0, 0.1) is 0 Å². The molecule has 1 aromatic rings. The number of anilines is 2. The van der Waals surface area contributed by atoms with Crippen molar-refractivity contribution >= 4 is 17.7 Å². The van der Waals surface area contributed by atoms with Gasteiger partial charge in [-0.15, -0.1) is 0 Å². The Balaban J connectivity index is 2.16. The van der Waals surface area contributed by atoms with Crippen LogP contribution < -0.4 is 16.4 Å². The van der Waals surface area contributed by atoms with Gasteiger partial charge in [-0.2, -0.15) is 4.98 Å². The molecule has 1 saturated carbocycles. The van der Waals surface area contributed by atoms with E-state index in [4.69, 9.17) is 10.5 Å². The largest absolute Gasteiger partial charge is 0.393 e. The maximum atomic E-state index is 11.6. The molecule has 0 bridgehead atoms. The third-order valence-corrected chi connectivity index (χ3v) is 4.05. The Morgan fingerprint density at radius 3 is 2.67 bits per heavy atom. The van der Waals surface area contributed by atoms with Gasteiger partial charge in [-0.25, -0.2) is 4.98 Å². The van der Waals surface area contributed by atoms with E-state index < -0.39 is 11.4 Å². The van der Waals surface area contributed by atoms with E-state index in [1.54, 1.807) is 7.11 Å². The molecule has 0 unspecified atom stereocenters.